The van der Waals surface area contributed by atoms with E-state index in [1.54, 1.807) is 36.8 Å². The monoisotopic (exact) mass is 302 g/mol. The maximum Gasteiger partial charge on any atom is 0.289 e. The van der Waals surface area contributed by atoms with Crippen LogP contribution in [0.25, 0.3) is 0 Å². The van der Waals surface area contributed by atoms with Gasteiger partial charge in [0.05, 0.1) is 5.71 Å². The third-order valence-corrected chi connectivity index (χ3v) is 3.17. The average molecular weight is 302 g/mol. The van der Waals surface area contributed by atoms with E-state index in [-0.39, 0.29) is 5.91 Å². The molecule has 1 N–H and O–H groups in total. The molecule has 0 saturated heterocycles. The molecule has 23 heavy (non-hydrogen) atoms. The van der Waals surface area contributed by atoms with Crippen LogP contribution in [0.1, 0.15) is 21.6 Å². The molecule has 0 atom stereocenters. The van der Waals surface area contributed by atoms with E-state index in [1.165, 1.54) is 0 Å². The normalized spacial score (nSPS) is 11.0. The van der Waals surface area contributed by atoms with Crippen LogP contribution >= 0.6 is 0 Å². The quantitative estimate of drug-likeness (QED) is 0.595. The van der Waals surface area contributed by atoms with Gasteiger partial charge in [-0.15, -0.1) is 0 Å². The predicted octanol–water partition coefficient (Wildman–Crippen LogP) is 2.66. The van der Waals surface area contributed by atoms with E-state index >= 15 is 0 Å². The van der Waals surface area contributed by atoms with Gasteiger partial charge < -0.3 is 0 Å². The molecule has 0 fully saturated rings. The maximum atomic E-state index is 12.1. The van der Waals surface area contributed by atoms with E-state index in [1.807, 2.05) is 42.5 Å². The number of pyridine rings is 2. The van der Waals surface area contributed by atoms with E-state index < -0.39 is 0 Å². The second-order valence-corrected chi connectivity index (χ2v) is 4.72. The molecule has 0 aliphatic heterocycles. The van der Waals surface area contributed by atoms with Crippen molar-refractivity contribution in [2.45, 2.75) is 0 Å². The third kappa shape index (κ3) is 3.65. The fourth-order valence-electron chi connectivity index (χ4n) is 2.06. The number of carbonyl (C=O) groups excluding carboxylic acids is 1. The summed E-state index contributed by atoms with van der Waals surface area (Å²) in [7, 11) is 0. The van der Waals surface area contributed by atoms with Crippen molar-refractivity contribution in [1.29, 1.82) is 0 Å². The second kappa shape index (κ2) is 7.09. The number of aromatic nitrogens is 2. The summed E-state index contributed by atoms with van der Waals surface area (Å²) in [5.41, 5.74) is 5.32. The lowest BCUT2D eigenvalue weighted by Gasteiger charge is -2.07. The standard InChI is InChI=1S/C18H14N4O/c23-18(16-8-4-5-11-20-16)22-21-17(14-6-2-1-3-7-14)15-9-12-19-13-10-15/h1-13H,(H,22,23)/b21-17+. The summed E-state index contributed by atoms with van der Waals surface area (Å²) in [5, 5.41) is 4.29. The first-order chi connectivity index (χ1) is 11.3. The number of hydrazone groups is 1. The molecule has 2 heterocycles. The van der Waals surface area contributed by atoms with Gasteiger partial charge in [-0.2, -0.15) is 5.10 Å². The molecule has 1 aromatic carbocycles. The van der Waals surface area contributed by atoms with Crippen LogP contribution in [-0.2, 0) is 0 Å². The number of benzene rings is 1. The highest BCUT2D eigenvalue weighted by molar-refractivity contribution is 6.13. The van der Waals surface area contributed by atoms with Gasteiger partial charge in [-0.3, -0.25) is 14.8 Å². The van der Waals surface area contributed by atoms with Crippen LogP contribution in [0, 0.1) is 0 Å². The molecular weight excluding hydrogens is 288 g/mol. The molecule has 3 aromatic rings. The van der Waals surface area contributed by atoms with Gasteiger partial charge in [0, 0.05) is 29.7 Å². The molecule has 0 aliphatic rings. The summed E-state index contributed by atoms with van der Waals surface area (Å²) in [6, 6.07) is 18.5. The Kier molecular flexibility index (Phi) is 4.49. The summed E-state index contributed by atoms with van der Waals surface area (Å²) in [5.74, 6) is -0.354. The molecule has 0 radical (unpaired) electrons. The van der Waals surface area contributed by atoms with Crippen LogP contribution in [-0.4, -0.2) is 21.6 Å². The number of hydrogen-bond donors (Lipinski definition) is 1. The van der Waals surface area contributed by atoms with E-state index in [0.29, 0.717) is 11.4 Å². The largest absolute Gasteiger partial charge is 0.289 e. The number of amides is 1. The molecule has 0 unspecified atom stereocenters. The van der Waals surface area contributed by atoms with Crippen LogP contribution in [0.4, 0.5) is 0 Å². The van der Waals surface area contributed by atoms with Gasteiger partial charge in [0.1, 0.15) is 5.69 Å². The Hall–Kier alpha value is -3.34. The third-order valence-electron chi connectivity index (χ3n) is 3.17. The molecule has 5 heteroatoms. The van der Waals surface area contributed by atoms with Crippen molar-refractivity contribution in [1.82, 2.24) is 15.4 Å². The molecule has 112 valence electrons. The van der Waals surface area contributed by atoms with Gasteiger partial charge in [-0.1, -0.05) is 36.4 Å². The highest BCUT2D eigenvalue weighted by Gasteiger charge is 2.09. The molecule has 0 bridgehead atoms. The van der Waals surface area contributed by atoms with Gasteiger partial charge in [0.2, 0.25) is 0 Å². The molecule has 1 amide bonds. The van der Waals surface area contributed by atoms with Crippen LogP contribution in [0.15, 0.2) is 84.4 Å². The molecule has 0 spiro atoms. The summed E-state index contributed by atoms with van der Waals surface area (Å²) in [4.78, 5) is 20.1. The Morgan fingerprint density at radius 2 is 1.52 bits per heavy atom. The lowest BCUT2D eigenvalue weighted by molar-refractivity contribution is 0.0950. The number of carbonyl (C=O) groups is 1. The van der Waals surface area contributed by atoms with Crippen molar-refractivity contribution in [3.63, 3.8) is 0 Å². The van der Waals surface area contributed by atoms with Gasteiger partial charge >= 0.3 is 0 Å². The molecule has 0 aliphatic carbocycles. The van der Waals surface area contributed by atoms with Crippen LogP contribution in [0.3, 0.4) is 0 Å². The topological polar surface area (TPSA) is 67.2 Å². The Labute approximate surface area is 133 Å². The lowest BCUT2D eigenvalue weighted by atomic mass is 10.0. The number of nitrogens with zero attached hydrogens (tertiary/aromatic N) is 3. The second-order valence-electron chi connectivity index (χ2n) is 4.72. The van der Waals surface area contributed by atoms with Crippen molar-refractivity contribution in [2.75, 3.05) is 0 Å². The average Bonchev–Trinajstić information content (AvgIpc) is 2.64. The maximum absolute atomic E-state index is 12.1. The summed E-state index contributed by atoms with van der Waals surface area (Å²) in [6.45, 7) is 0. The van der Waals surface area contributed by atoms with Crippen molar-refractivity contribution < 1.29 is 4.79 Å². The van der Waals surface area contributed by atoms with Crippen molar-refractivity contribution in [3.8, 4) is 0 Å². The minimum atomic E-state index is -0.354. The Morgan fingerprint density at radius 1 is 0.826 bits per heavy atom. The Balaban J connectivity index is 1.91. The first-order valence-corrected chi connectivity index (χ1v) is 7.09. The predicted molar refractivity (Wildman–Crippen MR) is 88.0 cm³/mol. The van der Waals surface area contributed by atoms with Gasteiger partial charge in [0.25, 0.3) is 5.91 Å². The highest BCUT2D eigenvalue weighted by Crippen LogP contribution is 2.09. The van der Waals surface area contributed by atoms with E-state index in [2.05, 4.69) is 20.5 Å². The molecule has 3 rings (SSSR count). The zero-order chi connectivity index (χ0) is 15.9. The zero-order valence-corrected chi connectivity index (χ0v) is 12.3. The SMILES string of the molecule is O=C(N/N=C(\c1ccccc1)c1ccncc1)c1ccccn1. The highest BCUT2D eigenvalue weighted by atomic mass is 16.2. The smallest absolute Gasteiger partial charge is 0.266 e. The van der Waals surface area contributed by atoms with Gasteiger partial charge in [-0.25, -0.2) is 5.43 Å². The van der Waals surface area contributed by atoms with E-state index in [4.69, 9.17) is 0 Å². The first kappa shape index (κ1) is 14.6. The fourth-order valence-corrected chi connectivity index (χ4v) is 2.06. The molecular formula is C18H14N4O. The Morgan fingerprint density at radius 3 is 2.22 bits per heavy atom. The number of hydrogen-bond acceptors (Lipinski definition) is 4. The van der Waals surface area contributed by atoms with Crippen molar-refractivity contribution >= 4 is 11.6 Å². The number of rotatable bonds is 4. The van der Waals surface area contributed by atoms with Gasteiger partial charge in [0.15, 0.2) is 0 Å². The molecule has 5 nitrogen and oxygen atoms in total. The first-order valence-electron chi connectivity index (χ1n) is 7.09. The van der Waals surface area contributed by atoms with Gasteiger partial charge in [-0.05, 0) is 24.3 Å². The van der Waals surface area contributed by atoms with Crippen LogP contribution in [0.5, 0.6) is 0 Å². The summed E-state index contributed by atoms with van der Waals surface area (Å²) in [6.07, 6.45) is 4.95. The minimum absolute atomic E-state index is 0.318. The summed E-state index contributed by atoms with van der Waals surface area (Å²) < 4.78 is 0. The van der Waals surface area contributed by atoms with E-state index in [9.17, 15) is 4.79 Å². The lowest BCUT2D eigenvalue weighted by Crippen LogP contribution is -2.21. The van der Waals surface area contributed by atoms with Crippen LogP contribution in [0.2, 0.25) is 0 Å². The van der Waals surface area contributed by atoms with Crippen LogP contribution < -0.4 is 5.43 Å². The molecule has 2 aromatic heterocycles. The molecule has 0 saturated carbocycles. The Bertz CT molecular complexity index is 761. The van der Waals surface area contributed by atoms with Crippen molar-refractivity contribution in [2.24, 2.45) is 5.10 Å². The number of nitrogens with one attached hydrogen (secondary N) is 1. The van der Waals surface area contributed by atoms with Crippen molar-refractivity contribution in [3.05, 3.63) is 96.1 Å². The summed E-state index contributed by atoms with van der Waals surface area (Å²) >= 11 is 0. The minimum Gasteiger partial charge on any atom is -0.266 e. The van der Waals surface area contributed by atoms with E-state index in [0.717, 1.165) is 11.1 Å². The fraction of sp³-hybridized carbons (Fsp3) is 0. The zero-order valence-electron chi connectivity index (χ0n) is 12.3.